The van der Waals surface area contributed by atoms with Crippen LogP contribution in [0.2, 0.25) is 0 Å². The zero-order valence-corrected chi connectivity index (χ0v) is 11.7. The smallest absolute Gasteiger partial charge is 0.0891 e. The predicted molar refractivity (Wildman–Crippen MR) is 90.0 cm³/mol. The number of hydrogen-bond acceptors (Lipinski definition) is 2. The van der Waals surface area contributed by atoms with Crippen molar-refractivity contribution in [1.82, 2.24) is 9.97 Å². The molecule has 0 aliphatic rings. The molecule has 0 unspecified atom stereocenters. The summed E-state index contributed by atoms with van der Waals surface area (Å²) in [5.74, 6) is 0. The van der Waals surface area contributed by atoms with Crippen molar-refractivity contribution < 1.29 is 0 Å². The Balaban J connectivity index is 1.95. The number of hydrogen-bond donors (Lipinski definition) is 0. The normalized spacial score (nSPS) is 11.6. The van der Waals surface area contributed by atoms with Gasteiger partial charge in [0, 0.05) is 24.0 Å². The Morgan fingerprint density at radius 3 is 2.41 bits per heavy atom. The fourth-order valence-corrected chi connectivity index (χ4v) is 3.25. The van der Waals surface area contributed by atoms with Gasteiger partial charge in [0.1, 0.15) is 0 Å². The van der Waals surface area contributed by atoms with Gasteiger partial charge >= 0.3 is 0 Å². The van der Waals surface area contributed by atoms with Gasteiger partial charge in [-0.25, -0.2) is 0 Å². The van der Waals surface area contributed by atoms with Crippen molar-refractivity contribution in [2.45, 2.75) is 0 Å². The Morgan fingerprint density at radius 1 is 0.773 bits per heavy atom. The van der Waals surface area contributed by atoms with E-state index in [2.05, 4.69) is 64.6 Å². The third-order valence-corrected chi connectivity index (χ3v) is 4.22. The van der Waals surface area contributed by atoms with Crippen molar-refractivity contribution in [3.8, 4) is 11.3 Å². The summed E-state index contributed by atoms with van der Waals surface area (Å²) in [6, 6.07) is 20.8. The first kappa shape index (κ1) is 11.6. The van der Waals surface area contributed by atoms with E-state index in [1.54, 1.807) is 18.6 Å². The molecular formula is C20H11N2. The van der Waals surface area contributed by atoms with Gasteiger partial charge < -0.3 is 0 Å². The van der Waals surface area contributed by atoms with E-state index in [9.17, 15) is 0 Å². The molecule has 0 aliphatic heterocycles. The number of aromatic nitrogens is 2. The van der Waals surface area contributed by atoms with Gasteiger partial charge in [-0.2, -0.15) is 0 Å². The van der Waals surface area contributed by atoms with Crippen molar-refractivity contribution in [2.24, 2.45) is 0 Å². The molecule has 5 aromatic rings. The summed E-state index contributed by atoms with van der Waals surface area (Å²) in [6.45, 7) is 0. The van der Waals surface area contributed by atoms with Crippen LogP contribution in [0.5, 0.6) is 0 Å². The van der Waals surface area contributed by atoms with Gasteiger partial charge in [-0.1, -0.05) is 42.5 Å². The molecule has 0 amide bonds. The van der Waals surface area contributed by atoms with E-state index in [-0.39, 0.29) is 0 Å². The van der Waals surface area contributed by atoms with E-state index in [1.165, 1.54) is 26.9 Å². The molecule has 0 N–H and O–H groups in total. The van der Waals surface area contributed by atoms with Gasteiger partial charge in [0.2, 0.25) is 0 Å². The fourth-order valence-electron chi connectivity index (χ4n) is 3.25. The minimum Gasteiger partial charge on any atom is -0.261 e. The second-order valence-corrected chi connectivity index (χ2v) is 5.50. The SMILES string of the molecule is [c]1c(-c2cnccn2)cc2ccc3cccc4ccc1c2c43. The molecule has 0 saturated heterocycles. The minimum atomic E-state index is 0.855. The number of benzene rings is 4. The Kier molecular flexibility index (Phi) is 2.25. The Labute approximate surface area is 127 Å². The highest BCUT2D eigenvalue weighted by Gasteiger charge is 2.10. The van der Waals surface area contributed by atoms with Crippen LogP contribution < -0.4 is 0 Å². The van der Waals surface area contributed by atoms with E-state index in [1.807, 2.05) is 0 Å². The average molecular weight is 279 g/mol. The van der Waals surface area contributed by atoms with E-state index in [0.717, 1.165) is 16.6 Å². The summed E-state index contributed by atoms with van der Waals surface area (Å²) in [7, 11) is 0. The molecule has 1 aromatic heterocycles. The van der Waals surface area contributed by atoms with E-state index < -0.39 is 0 Å². The molecule has 0 aliphatic carbocycles. The maximum Gasteiger partial charge on any atom is 0.0891 e. The summed E-state index contributed by atoms with van der Waals surface area (Å²) in [5, 5.41) is 7.50. The van der Waals surface area contributed by atoms with Crippen LogP contribution in [0, 0.1) is 6.07 Å². The Bertz CT molecular complexity index is 1050. The van der Waals surface area contributed by atoms with Crippen molar-refractivity contribution in [1.29, 1.82) is 0 Å². The van der Waals surface area contributed by atoms with Gasteiger partial charge in [0.25, 0.3) is 0 Å². The third kappa shape index (κ3) is 1.55. The second-order valence-electron chi connectivity index (χ2n) is 5.50. The predicted octanol–water partition coefficient (Wildman–Crippen LogP) is 4.84. The highest BCUT2D eigenvalue weighted by molar-refractivity contribution is 6.23. The van der Waals surface area contributed by atoms with Crippen molar-refractivity contribution in [3.63, 3.8) is 0 Å². The van der Waals surface area contributed by atoms with Crippen LogP contribution in [-0.4, -0.2) is 9.97 Å². The molecule has 2 nitrogen and oxygen atoms in total. The summed E-state index contributed by atoms with van der Waals surface area (Å²) in [4.78, 5) is 8.55. The topological polar surface area (TPSA) is 25.8 Å². The molecule has 1 radical (unpaired) electrons. The first-order valence-corrected chi connectivity index (χ1v) is 7.26. The molecule has 22 heavy (non-hydrogen) atoms. The molecule has 0 bridgehead atoms. The summed E-state index contributed by atoms with van der Waals surface area (Å²) in [5.41, 5.74) is 1.84. The third-order valence-electron chi connectivity index (χ3n) is 4.22. The first-order valence-electron chi connectivity index (χ1n) is 7.26. The van der Waals surface area contributed by atoms with Crippen LogP contribution in [0.15, 0.2) is 67.1 Å². The lowest BCUT2D eigenvalue weighted by Gasteiger charge is -2.11. The van der Waals surface area contributed by atoms with Gasteiger partial charge in [-0.05, 0) is 38.4 Å². The van der Waals surface area contributed by atoms with Gasteiger partial charge in [-0.3, -0.25) is 9.97 Å². The summed E-state index contributed by atoms with van der Waals surface area (Å²) >= 11 is 0. The largest absolute Gasteiger partial charge is 0.261 e. The lowest BCUT2D eigenvalue weighted by Crippen LogP contribution is -1.88. The zero-order chi connectivity index (χ0) is 14.5. The zero-order valence-electron chi connectivity index (χ0n) is 11.7. The lowest BCUT2D eigenvalue weighted by atomic mass is 9.92. The average Bonchev–Trinajstić information content (AvgIpc) is 2.60. The maximum absolute atomic E-state index is 4.39. The van der Waals surface area contributed by atoms with Crippen LogP contribution in [0.25, 0.3) is 43.6 Å². The first-order chi connectivity index (χ1) is 10.9. The fraction of sp³-hybridized carbons (Fsp3) is 0. The molecule has 101 valence electrons. The molecule has 0 fully saturated rings. The summed E-state index contributed by atoms with van der Waals surface area (Å²) in [6.07, 6.45) is 5.19. The number of rotatable bonds is 1. The molecule has 0 saturated carbocycles. The summed E-state index contributed by atoms with van der Waals surface area (Å²) < 4.78 is 0. The monoisotopic (exact) mass is 279 g/mol. The Hall–Kier alpha value is -3.00. The highest BCUT2D eigenvalue weighted by atomic mass is 14.8. The molecule has 0 atom stereocenters. The van der Waals surface area contributed by atoms with Crippen LogP contribution in [-0.2, 0) is 0 Å². The molecule has 5 rings (SSSR count). The van der Waals surface area contributed by atoms with Crippen LogP contribution in [0.3, 0.4) is 0 Å². The second kappa shape index (κ2) is 4.25. The Morgan fingerprint density at radius 2 is 1.59 bits per heavy atom. The van der Waals surface area contributed by atoms with E-state index in [4.69, 9.17) is 0 Å². The molecule has 0 spiro atoms. The standard InChI is InChI=1S/C20H11N2/c1-2-13-4-6-15-10-17(18-12-21-8-9-22-18)11-16-7-5-14(3-1)19(13)20(15)16/h1-10,12H. The van der Waals surface area contributed by atoms with Crippen LogP contribution in [0.1, 0.15) is 0 Å². The minimum absolute atomic E-state index is 0.855. The van der Waals surface area contributed by atoms with Crippen LogP contribution >= 0.6 is 0 Å². The van der Waals surface area contributed by atoms with Crippen molar-refractivity contribution in [3.05, 3.63) is 73.2 Å². The van der Waals surface area contributed by atoms with Gasteiger partial charge in [-0.15, -0.1) is 0 Å². The highest BCUT2D eigenvalue weighted by Crippen LogP contribution is 2.36. The molecular weight excluding hydrogens is 268 g/mol. The molecule has 1 heterocycles. The van der Waals surface area contributed by atoms with Crippen LogP contribution in [0.4, 0.5) is 0 Å². The molecule has 2 heteroatoms. The van der Waals surface area contributed by atoms with E-state index >= 15 is 0 Å². The van der Waals surface area contributed by atoms with Crippen molar-refractivity contribution in [2.75, 3.05) is 0 Å². The van der Waals surface area contributed by atoms with E-state index in [0.29, 0.717) is 0 Å². The van der Waals surface area contributed by atoms with Gasteiger partial charge in [0.05, 0.1) is 11.9 Å². The quantitative estimate of drug-likeness (QED) is 0.410. The van der Waals surface area contributed by atoms with Gasteiger partial charge in [0.15, 0.2) is 0 Å². The number of nitrogens with zero attached hydrogens (tertiary/aromatic N) is 2. The molecule has 4 aromatic carbocycles. The lowest BCUT2D eigenvalue weighted by molar-refractivity contribution is 1.21. The van der Waals surface area contributed by atoms with Crippen molar-refractivity contribution >= 4 is 32.3 Å². The maximum atomic E-state index is 4.39.